The van der Waals surface area contributed by atoms with Crippen molar-refractivity contribution in [2.45, 2.75) is 38.1 Å². The van der Waals surface area contributed by atoms with Crippen molar-refractivity contribution in [1.82, 2.24) is 10.2 Å². The van der Waals surface area contributed by atoms with E-state index in [4.69, 9.17) is 14.6 Å². The highest BCUT2D eigenvalue weighted by Gasteiger charge is 2.38. The minimum absolute atomic E-state index is 0.0325. The molecule has 10 heteroatoms. The molecule has 1 saturated heterocycles. The zero-order valence-electron chi connectivity index (χ0n) is 12.4. The van der Waals surface area contributed by atoms with Gasteiger partial charge < -0.3 is 20.1 Å². The van der Waals surface area contributed by atoms with Crippen LogP contribution in [0.15, 0.2) is 0 Å². The molecule has 2 atom stereocenters. The molecule has 7 nitrogen and oxygen atoms in total. The summed E-state index contributed by atoms with van der Waals surface area (Å²) in [4.78, 5) is 33.0. The number of halogens is 3. The average molecular weight is 328 g/mol. The van der Waals surface area contributed by atoms with Crippen LogP contribution in [0.3, 0.4) is 0 Å². The van der Waals surface area contributed by atoms with E-state index < -0.39 is 12.1 Å². The van der Waals surface area contributed by atoms with Gasteiger partial charge in [0.2, 0.25) is 5.91 Å². The van der Waals surface area contributed by atoms with E-state index in [1.807, 2.05) is 0 Å². The second-order valence-corrected chi connectivity index (χ2v) is 4.70. The Labute approximate surface area is 125 Å². The van der Waals surface area contributed by atoms with Crippen LogP contribution in [0.4, 0.5) is 13.2 Å². The molecule has 0 radical (unpaired) electrons. The molecular formula is C12H19F3N2O5. The van der Waals surface area contributed by atoms with Crippen molar-refractivity contribution < 1.29 is 37.4 Å². The summed E-state index contributed by atoms with van der Waals surface area (Å²) in [6.07, 6.45) is -4.29. The van der Waals surface area contributed by atoms with E-state index in [1.54, 1.807) is 25.9 Å². The minimum Gasteiger partial charge on any atom is -0.475 e. The van der Waals surface area contributed by atoms with Crippen molar-refractivity contribution in [3.8, 4) is 0 Å². The largest absolute Gasteiger partial charge is 0.490 e. The molecule has 0 aromatic rings. The molecule has 1 aliphatic rings. The maximum atomic E-state index is 11.6. The molecular weight excluding hydrogens is 309 g/mol. The predicted octanol–water partition coefficient (Wildman–Crippen LogP) is 0.392. The number of nitrogens with zero attached hydrogens (tertiary/aromatic N) is 1. The third-order valence-electron chi connectivity index (χ3n) is 2.66. The lowest BCUT2D eigenvalue weighted by molar-refractivity contribution is -0.192. The summed E-state index contributed by atoms with van der Waals surface area (Å²) >= 11 is 0. The van der Waals surface area contributed by atoms with E-state index in [0.29, 0.717) is 19.4 Å². The molecule has 0 aromatic heterocycles. The Kier molecular flexibility index (Phi) is 7.85. The van der Waals surface area contributed by atoms with Crippen LogP contribution >= 0.6 is 0 Å². The monoisotopic (exact) mass is 328 g/mol. The number of carbonyl (C=O) groups excluding carboxylic acids is 2. The molecule has 1 aliphatic heterocycles. The van der Waals surface area contributed by atoms with Gasteiger partial charge in [-0.25, -0.2) is 4.79 Å². The van der Waals surface area contributed by atoms with Gasteiger partial charge in [0.05, 0.1) is 6.04 Å². The van der Waals surface area contributed by atoms with Gasteiger partial charge in [-0.3, -0.25) is 9.59 Å². The predicted molar refractivity (Wildman–Crippen MR) is 69.0 cm³/mol. The highest BCUT2D eigenvalue weighted by atomic mass is 19.4. The van der Waals surface area contributed by atoms with Crippen LogP contribution in [-0.4, -0.2) is 66.8 Å². The standard InChI is InChI=1S/C10H18N2O3.C2HF3O2/c1-4-9(13)15-7-5-8(11-6-7)10(14)12(2)3;3-2(4,5)1(6)7/h7-8,11H,4-6H2,1-3H3;(H,6,7)/t7-,8+;/m1./s1. The number of ether oxygens (including phenoxy) is 1. The van der Waals surface area contributed by atoms with Crippen molar-refractivity contribution in [1.29, 1.82) is 0 Å². The number of hydrogen-bond acceptors (Lipinski definition) is 5. The van der Waals surface area contributed by atoms with Crippen molar-refractivity contribution in [3.63, 3.8) is 0 Å². The Morgan fingerprint density at radius 3 is 2.18 bits per heavy atom. The molecule has 0 unspecified atom stereocenters. The normalized spacial score (nSPS) is 20.6. The number of carboxylic acids is 1. The van der Waals surface area contributed by atoms with Gasteiger partial charge in [-0.05, 0) is 0 Å². The Morgan fingerprint density at radius 2 is 1.82 bits per heavy atom. The first kappa shape index (κ1) is 20.2. The number of carbonyl (C=O) groups is 3. The summed E-state index contributed by atoms with van der Waals surface area (Å²) in [5.41, 5.74) is 0. The lowest BCUT2D eigenvalue weighted by atomic mass is 10.2. The molecule has 0 aliphatic carbocycles. The van der Waals surface area contributed by atoms with Gasteiger partial charge in [0.25, 0.3) is 0 Å². The summed E-state index contributed by atoms with van der Waals surface area (Å²) in [7, 11) is 3.44. The first-order chi connectivity index (χ1) is 9.98. The molecule has 128 valence electrons. The lowest BCUT2D eigenvalue weighted by Gasteiger charge is -2.15. The zero-order chi connectivity index (χ0) is 17.5. The Hall–Kier alpha value is -1.84. The van der Waals surface area contributed by atoms with Crippen LogP contribution in [0.1, 0.15) is 19.8 Å². The molecule has 1 rings (SSSR count). The SMILES string of the molecule is CCC(=O)O[C@H]1CN[C@H](C(=O)N(C)C)C1.O=C(O)C(F)(F)F. The second kappa shape index (κ2) is 8.57. The fourth-order valence-corrected chi connectivity index (χ4v) is 1.56. The number of alkyl halides is 3. The average Bonchev–Trinajstić information content (AvgIpc) is 2.85. The highest BCUT2D eigenvalue weighted by molar-refractivity contribution is 5.81. The number of amides is 1. The molecule has 1 fully saturated rings. The first-order valence-electron chi connectivity index (χ1n) is 6.43. The van der Waals surface area contributed by atoms with Crippen LogP contribution < -0.4 is 5.32 Å². The molecule has 0 aromatic carbocycles. The molecule has 22 heavy (non-hydrogen) atoms. The van der Waals surface area contributed by atoms with E-state index in [1.165, 1.54) is 0 Å². The number of hydrogen-bond donors (Lipinski definition) is 2. The van der Waals surface area contributed by atoms with Gasteiger partial charge in [-0.15, -0.1) is 0 Å². The van der Waals surface area contributed by atoms with Crippen LogP contribution in [0.25, 0.3) is 0 Å². The van der Waals surface area contributed by atoms with E-state index in [2.05, 4.69) is 5.32 Å². The van der Waals surface area contributed by atoms with Gasteiger partial charge in [-0.1, -0.05) is 6.92 Å². The lowest BCUT2D eigenvalue weighted by Crippen LogP contribution is -2.39. The number of aliphatic carboxylic acids is 1. The van der Waals surface area contributed by atoms with Gasteiger partial charge >= 0.3 is 18.1 Å². The minimum atomic E-state index is -5.08. The van der Waals surface area contributed by atoms with Crippen LogP contribution in [0.2, 0.25) is 0 Å². The van der Waals surface area contributed by atoms with Gasteiger partial charge in [-0.2, -0.15) is 13.2 Å². The molecule has 1 heterocycles. The van der Waals surface area contributed by atoms with Gasteiger partial charge in [0.1, 0.15) is 6.10 Å². The molecule has 1 amide bonds. The second-order valence-electron chi connectivity index (χ2n) is 4.70. The van der Waals surface area contributed by atoms with E-state index in [-0.39, 0.29) is 24.0 Å². The van der Waals surface area contributed by atoms with Crippen molar-refractivity contribution in [3.05, 3.63) is 0 Å². The molecule has 0 bridgehead atoms. The van der Waals surface area contributed by atoms with Gasteiger partial charge in [0, 0.05) is 33.5 Å². The first-order valence-corrected chi connectivity index (χ1v) is 6.43. The Balaban J connectivity index is 0.000000534. The fraction of sp³-hybridized carbons (Fsp3) is 0.750. The Morgan fingerprint density at radius 1 is 1.32 bits per heavy atom. The topological polar surface area (TPSA) is 95.9 Å². The summed E-state index contributed by atoms with van der Waals surface area (Å²) in [6.45, 7) is 2.32. The van der Waals surface area contributed by atoms with Crippen LogP contribution in [0, 0.1) is 0 Å². The van der Waals surface area contributed by atoms with Crippen molar-refractivity contribution >= 4 is 17.8 Å². The van der Waals surface area contributed by atoms with E-state index in [0.717, 1.165) is 0 Å². The Bertz CT molecular complexity index is 412. The number of esters is 1. The number of likely N-dealkylation sites (N-methyl/N-ethyl adjacent to an activating group) is 1. The third kappa shape index (κ3) is 7.25. The summed E-state index contributed by atoms with van der Waals surface area (Å²) in [5, 5.41) is 10.2. The van der Waals surface area contributed by atoms with E-state index in [9.17, 15) is 22.8 Å². The maximum absolute atomic E-state index is 11.6. The summed E-state index contributed by atoms with van der Waals surface area (Å²) < 4.78 is 36.9. The molecule has 0 spiro atoms. The highest BCUT2D eigenvalue weighted by Crippen LogP contribution is 2.13. The van der Waals surface area contributed by atoms with Crippen LogP contribution in [-0.2, 0) is 19.1 Å². The van der Waals surface area contributed by atoms with Crippen molar-refractivity contribution in [2.24, 2.45) is 0 Å². The number of rotatable bonds is 3. The summed E-state index contributed by atoms with van der Waals surface area (Å²) in [5.74, 6) is -2.93. The van der Waals surface area contributed by atoms with Crippen LogP contribution in [0.5, 0.6) is 0 Å². The third-order valence-corrected chi connectivity index (χ3v) is 2.66. The quantitative estimate of drug-likeness (QED) is 0.728. The smallest absolute Gasteiger partial charge is 0.475 e. The molecule has 0 saturated carbocycles. The number of carboxylic acid groups (broad SMARTS) is 1. The summed E-state index contributed by atoms with van der Waals surface area (Å²) in [6, 6.07) is -0.213. The van der Waals surface area contributed by atoms with Gasteiger partial charge in [0.15, 0.2) is 0 Å². The van der Waals surface area contributed by atoms with E-state index >= 15 is 0 Å². The number of nitrogens with one attached hydrogen (secondary N) is 1. The fourth-order valence-electron chi connectivity index (χ4n) is 1.56. The zero-order valence-corrected chi connectivity index (χ0v) is 12.4. The molecule has 2 N–H and O–H groups in total. The van der Waals surface area contributed by atoms with Crippen molar-refractivity contribution in [2.75, 3.05) is 20.6 Å². The maximum Gasteiger partial charge on any atom is 0.490 e.